The third-order valence-corrected chi connectivity index (χ3v) is 5.49. The summed E-state index contributed by atoms with van der Waals surface area (Å²) in [4.78, 5) is 54.0. The number of primary amides is 1. The Morgan fingerprint density at radius 1 is 1.12 bits per heavy atom. The van der Waals surface area contributed by atoms with Gasteiger partial charge in [-0.3, -0.25) is 19.2 Å². The molecule has 2 aromatic carbocycles. The van der Waals surface area contributed by atoms with Gasteiger partial charge in [0, 0.05) is 25.9 Å². The minimum absolute atomic E-state index is 0.107. The molecule has 0 spiro atoms. The third-order valence-electron chi connectivity index (χ3n) is 5.49. The highest BCUT2D eigenvalue weighted by molar-refractivity contribution is 5.87. The van der Waals surface area contributed by atoms with Gasteiger partial charge in [0.05, 0.1) is 16.4 Å². The smallest absolute Gasteiger partial charge is 0.290 e. The number of carbonyl (C=O) groups excluding carboxylic acids is 2. The molecule has 0 aliphatic carbocycles. The first-order chi connectivity index (χ1) is 15.4. The van der Waals surface area contributed by atoms with Crippen molar-refractivity contribution < 1.29 is 19.5 Å². The molecular formula is C23H24N4O5. The van der Waals surface area contributed by atoms with Crippen molar-refractivity contribution in [3.63, 3.8) is 0 Å². The fourth-order valence-corrected chi connectivity index (χ4v) is 3.82. The lowest BCUT2D eigenvalue weighted by atomic mass is 9.74. The average molecular weight is 436 g/mol. The van der Waals surface area contributed by atoms with Crippen molar-refractivity contribution in [2.75, 3.05) is 13.1 Å². The Morgan fingerprint density at radius 3 is 2.41 bits per heavy atom. The number of benzene rings is 2. The molecule has 32 heavy (non-hydrogen) atoms. The molecule has 1 saturated heterocycles. The molecule has 166 valence electrons. The number of hydrogen-bond donors (Lipinski definition) is 3. The Bertz CT molecular complexity index is 1170. The van der Waals surface area contributed by atoms with Gasteiger partial charge in [-0.1, -0.05) is 42.5 Å². The van der Waals surface area contributed by atoms with Crippen molar-refractivity contribution in [2.45, 2.75) is 19.3 Å². The maximum atomic E-state index is 12.6. The second-order valence-electron chi connectivity index (χ2n) is 7.69. The first-order valence-corrected chi connectivity index (χ1v) is 10.1. The number of aromatic amines is 1. The van der Waals surface area contributed by atoms with Crippen molar-refractivity contribution in [3.8, 4) is 0 Å². The standard InChI is InChI=1S/C22H22N4O3.CH2O2/c23-21(29)22(12-15-6-2-1-3-7-15)13-26(14-22)19(27)11-10-18-20(28)25-17-9-5-4-8-16(17)24-18;2-1-3/h1-9H,10-14H2,(H2,23,29)(H,25,28);1H,(H,2,3). The maximum absolute atomic E-state index is 12.6. The Kier molecular flexibility index (Phi) is 6.99. The van der Waals surface area contributed by atoms with Crippen LogP contribution in [-0.4, -0.2) is 51.4 Å². The van der Waals surface area contributed by atoms with Gasteiger partial charge in [0.2, 0.25) is 11.8 Å². The topological polar surface area (TPSA) is 146 Å². The van der Waals surface area contributed by atoms with Gasteiger partial charge >= 0.3 is 0 Å². The summed E-state index contributed by atoms with van der Waals surface area (Å²) in [6, 6.07) is 16.9. The van der Waals surface area contributed by atoms with Crippen LogP contribution >= 0.6 is 0 Å². The van der Waals surface area contributed by atoms with Gasteiger partial charge in [-0.05, 0) is 24.1 Å². The Hall–Kier alpha value is -4.01. The molecule has 9 heteroatoms. The number of aromatic nitrogens is 2. The van der Waals surface area contributed by atoms with E-state index in [1.165, 1.54) is 0 Å². The number of H-pyrrole nitrogens is 1. The number of nitrogens with one attached hydrogen (secondary N) is 1. The summed E-state index contributed by atoms with van der Waals surface area (Å²) in [6.07, 6.45) is 0.922. The molecule has 1 aliphatic rings. The Labute approximate surface area is 183 Å². The predicted octanol–water partition coefficient (Wildman–Crippen LogP) is 1.11. The number of carboxylic acid groups (broad SMARTS) is 1. The van der Waals surface area contributed by atoms with E-state index in [4.69, 9.17) is 15.6 Å². The van der Waals surface area contributed by atoms with Crippen LogP contribution in [-0.2, 0) is 27.2 Å². The predicted molar refractivity (Wildman–Crippen MR) is 118 cm³/mol. The van der Waals surface area contributed by atoms with E-state index in [1.807, 2.05) is 48.5 Å². The van der Waals surface area contributed by atoms with Gasteiger partial charge in [-0.2, -0.15) is 0 Å². The number of carbonyl (C=O) groups is 3. The van der Waals surface area contributed by atoms with Crippen LogP contribution in [0, 0.1) is 5.41 Å². The molecule has 0 atom stereocenters. The largest absolute Gasteiger partial charge is 0.483 e. The highest BCUT2D eigenvalue weighted by Crippen LogP contribution is 2.34. The van der Waals surface area contributed by atoms with Gasteiger partial charge in [-0.15, -0.1) is 0 Å². The lowest BCUT2D eigenvalue weighted by Gasteiger charge is -2.48. The van der Waals surface area contributed by atoms with Gasteiger partial charge in [0.1, 0.15) is 5.69 Å². The molecule has 1 aliphatic heterocycles. The summed E-state index contributed by atoms with van der Waals surface area (Å²) in [6.45, 7) is 0.356. The number of rotatable bonds is 6. The summed E-state index contributed by atoms with van der Waals surface area (Å²) in [5.41, 5.74) is 7.35. The van der Waals surface area contributed by atoms with Gasteiger partial charge in [-0.25, -0.2) is 4.98 Å². The summed E-state index contributed by atoms with van der Waals surface area (Å²) in [5, 5.41) is 6.89. The monoisotopic (exact) mass is 436 g/mol. The zero-order valence-electron chi connectivity index (χ0n) is 17.4. The van der Waals surface area contributed by atoms with E-state index in [0.717, 1.165) is 5.56 Å². The zero-order chi connectivity index (χ0) is 23.1. The highest BCUT2D eigenvalue weighted by atomic mass is 16.3. The Morgan fingerprint density at radius 2 is 1.75 bits per heavy atom. The Balaban J connectivity index is 0.000000913. The lowest BCUT2D eigenvalue weighted by Crippen LogP contribution is -2.64. The molecule has 4 N–H and O–H groups in total. The van der Waals surface area contributed by atoms with Gasteiger partial charge in [0.25, 0.3) is 12.0 Å². The maximum Gasteiger partial charge on any atom is 0.290 e. The van der Waals surface area contributed by atoms with Crippen molar-refractivity contribution in [1.82, 2.24) is 14.9 Å². The summed E-state index contributed by atoms with van der Waals surface area (Å²) in [7, 11) is 0. The summed E-state index contributed by atoms with van der Waals surface area (Å²) >= 11 is 0. The van der Waals surface area contributed by atoms with Gasteiger partial charge < -0.3 is 20.7 Å². The normalized spacial score (nSPS) is 14.1. The van der Waals surface area contributed by atoms with Crippen molar-refractivity contribution in [3.05, 3.63) is 76.2 Å². The molecule has 0 radical (unpaired) electrons. The van der Waals surface area contributed by atoms with Crippen LogP contribution in [0.5, 0.6) is 0 Å². The van der Waals surface area contributed by atoms with E-state index < -0.39 is 11.3 Å². The SMILES string of the molecule is NC(=O)C1(Cc2ccccc2)CN(C(=O)CCc2nc3ccccc3[nH]c2=O)C1.O=CO. The molecule has 2 amide bonds. The fraction of sp³-hybridized carbons (Fsp3) is 0.261. The molecular weight excluding hydrogens is 412 g/mol. The number of para-hydroxylation sites is 2. The van der Waals surface area contributed by atoms with E-state index in [2.05, 4.69) is 9.97 Å². The second-order valence-corrected chi connectivity index (χ2v) is 7.69. The molecule has 4 rings (SSSR count). The van der Waals surface area contributed by atoms with E-state index in [-0.39, 0.29) is 30.8 Å². The van der Waals surface area contributed by atoms with Crippen LogP contribution in [0.1, 0.15) is 17.7 Å². The third kappa shape index (κ3) is 5.00. The van der Waals surface area contributed by atoms with Crippen LogP contribution in [0.4, 0.5) is 0 Å². The minimum Gasteiger partial charge on any atom is -0.483 e. The molecule has 0 saturated carbocycles. The van der Waals surface area contributed by atoms with Crippen molar-refractivity contribution >= 4 is 29.3 Å². The molecule has 3 aromatic rings. The summed E-state index contributed by atoms with van der Waals surface area (Å²) in [5.74, 6) is -0.498. The first kappa shape index (κ1) is 22.7. The quantitative estimate of drug-likeness (QED) is 0.493. The number of nitrogens with zero attached hydrogens (tertiary/aromatic N) is 2. The van der Waals surface area contributed by atoms with Crippen LogP contribution in [0.15, 0.2) is 59.4 Å². The van der Waals surface area contributed by atoms with Crippen molar-refractivity contribution in [2.24, 2.45) is 11.1 Å². The van der Waals surface area contributed by atoms with E-state index in [9.17, 15) is 14.4 Å². The van der Waals surface area contributed by atoms with Gasteiger partial charge in [0.15, 0.2) is 0 Å². The van der Waals surface area contributed by atoms with Crippen LogP contribution in [0.3, 0.4) is 0 Å². The lowest BCUT2D eigenvalue weighted by molar-refractivity contribution is -0.151. The van der Waals surface area contributed by atoms with Crippen LogP contribution in [0.25, 0.3) is 11.0 Å². The fourth-order valence-electron chi connectivity index (χ4n) is 3.82. The molecule has 1 fully saturated rings. The zero-order valence-corrected chi connectivity index (χ0v) is 17.4. The minimum atomic E-state index is -0.727. The number of aryl methyl sites for hydroxylation is 1. The van der Waals surface area contributed by atoms with E-state index >= 15 is 0 Å². The van der Waals surface area contributed by atoms with E-state index in [0.29, 0.717) is 36.2 Å². The molecule has 2 heterocycles. The first-order valence-electron chi connectivity index (χ1n) is 10.1. The average Bonchev–Trinajstić information content (AvgIpc) is 2.75. The summed E-state index contributed by atoms with van der Waals surface area (Å²) < 4.78 is 0. The molecule has 0 unspecified atom stereocenters. The number of hydrogen-bond acceptors (Lipinski definition) is 5. The van der Waals surface area contributed by atoms with Crippen LogP contribution in [0.2, 0.25) is 0 Å². The number of fused-ring (bicyclic) bond motifs is 1. The highest BCUT2D eigenvalue weighted by Gasteiger charge is 2.49. The van der Waals surface area contributed by atoms with E-state index in [1.54, 1.807) is 11.0 Å². The molecule has 9 nitrogen and oxygen atoms in total. The number of likely N-dealkylation sites (tertiary alicyclic amines) is 1. The second kappa shape index (κ2) is 9.86. The number of amides is 2. The molecule has 1 aromatic heterocycles. The number of nitrogens with two attached hydrogens (primary N) is 1. The van der Waals surface area contributed by atoms with Crippen LogP contribution < -0.4 is 11.3 Å². The van der Waals surface area contributed by atoms with Crippen molar-refractivity contribution in [1.29, 1.82) is 0 Å². The molecule has 0 bridgehead atoms.